The van der Waals surface area contributed by atoms with E-state index >= 15 is 0 Å². The van der Waals surface area contributed by atoms with Crippen molar-refractivity contribution >= 4 is 23.2 Å². The van der Waals surface area contributed by atoms with Crippen molar-refractivity contribution in [1.29, 1.82) is 0 Å². The molecule has 0 aromatic heterocycles. The van der Waals surface area contributed by atoms with Crippen LogP contribution in [0.1, 0.15) is 36.6 Å². The first-order chi connectivity index (χ1) is 14.2. The Bertz CT molecular complexity index is 1110. The molecule has 0 aliphatic heterocycles. The van der Waals surface area contributed by atoms with E-state index in [1.807, 2.05) is 0 Å². The third-order valence-electron chi connectivity index (χ3n) is 4.19. The summed E-state index contributed by atoms with van der Waals surface area (Å²) in [5.41, 5.74) is -2.01. The summed E-state index contributed by atoms with van der Waals surface area (Å²) in [6.45, 7) is 0. The Morgan fingerprint density at radius 2 is 1.37 bits per heavy atom. The molecule has 0 fully saturated rings. The summed E-state index contributed by atoms with van der Waals surface area (Å²) < 4.78 is 52.4. The van der Waals surface area contributed by atoms with Crippen LogP contribution in [-0.4, -0.2) is 17.5 Å². The standard InChI is InChI=1S/C22H13F4NO3/c23-16-9-6-14(7-10-16)21(30)27-18-11-8-15(22(24,25)26)12-17(18)20(29)19(28)13-4-2-1-3-5-13/h1-12H,(H,27,30). The van der Waals surface area contributed by atoms with Crippen LogP contribution in [-0.2, 0) is 6.18 Å². The molecule has 0 spiro atoms. The number of alkyl halides is 3. The number of Topliss-reactive ketones (excluding diaryl/α,β-unsaturated/α-hetero) is 2. The largest absolute Gasteiger partial charge is 0.416 e. The molecule has 0 aliphatic rings. The number of carbonyl (C=O) groups excluding carboxylic acids is 3. The number of carbonyl (C=O) groups is 3. The second-order valence-electron chi connectivity index (χ2n) is 6.24. The second kappa shape index (κ2) is 8.28. The fourth-order valence-corrected chi connectivity index (χ4v) is 2.66. The maximum absolute atomic E-state index is 13.1. The summed E-state index contributed by atoms with van der Waals surface area (Å²) in [5, 5.41) is 2.31. The number of anilines is 1. The van der Waals surface area contributed by atoms with Crippen molar-refractivity contribution in [2.24, 2.45) is 0 Å². The lowest BCUT2D eigenvalue weighted by molar-refractivity contribution is -0.137. The highest BCUT2D eigenvalue weighted by Gasteiger charge is 2.33. The lowest BCUT2D eigenvalue weighted by Crippen LogP contribution is -2.20. The zero-order valence-electron chi connectivity index (χ0n) is 15.2. The Morgan fingerprint density at radius 1 is 0.733 bits per heavy atom. The normalized spacial score (nSPS) is 11.1. The first-order valence-electron chi connectivity index (χ1n) is 8.59. The molecule has 8 heteroatoms. The van der Waals surface area contributed by atoms with Crippen molar-refractivity contribution < 1.29 is 31.9 Å². The maximum atomic E-state index is 13.1. The predicted octanol–water partition coefficient (Wildman–Crippen LogP) is 5.16. The molecule has 0 saturated carbocycles. The van der Waals surface area contributed by atoms with E-state index in [1.165, 1.54) is 36.4 Å². The van der Waals surface area contributed by atoms with Gasteiger partial charge >= 0.3 is 6.18 Å². The molecule has 1 N–H and O–H groups in total. The number of benzene rings is 3. The van der Waals surface area contributed by atoms with Crippen molar-refractivity contribution in [3.05, 3.63) is 101 Å². The molecule has 3 rings (SSSR count). The Balaban J connectivity index is 2.00. The molecule has 30 heavy (non-hydrogen) atoms. The highest BCUT2D eigenvalue weighted by Crippen LogP contribution is 2.32. The number of hydrogen-bond acceptors (Lipinski definition) is 3. The van der Waals surface area contributed by atoms with Crippen LogP contribution >= 0.6 is 0 Å². The molecule has 0 heterocycles. The van der Waals surface area contributed by atoms with E-state index in [9.17, 15) is 31.9 Å². The van der Waals surface area contributed by atoms with Crippen molar-refractivity contribution in [2.45, 2.75) is 6.18 Å². The molecule has 3 aromatic carbocycles. The fraction of sp³-hybridized carbons (Fsp3) is 0.0455. The van der Waals surface area contributed by atoms with Gasteiger partial charge in [0.15, 0.2) is 0 Å². The van der Waals surface area contributed by atoms with Crippen molar-refractivity contribution in [3.8, 4) is 0 Å². The number of ketones is 2. The Morgan fingerprint density at radius 3 is 1.97 bits per heavy atom. The Hall–Kier alpha value is -3.81. The van der Waals surface area contributed by atoms with E-state index in [-0.39, 0.29) is 16.8 Å². The lowest BCUT2D eigenvalue weighted by Gasteiger charge is -2.14. The van der Waals surface area contributed by atoms with Crippen LogP contribution in [0.3, 0.4) is 0 Å². The SMILES string of the molecule is O=C(Nc1ccc(C(F)(F)F)cc1C(=O)C(=O)c1ccccc1)c1ccc(F)cc1. The molecule has 0 bridgehead atoms. The predicted molar refractivity (Wildman–Crippen MR) is 101 cm³/mol. The molecule has 3 aromatic rings. The van der Waals surface area contributed by atoms with Crippen LogP contribution in [0.4, 0.5) is 23.2 Å². The van der Waals surface area contributed by atoms with E-state index in [4.69, 9.17) is 0 Å². The molecule has 152 valence electrons. The Kier molecular flexibility index (Phi) is 5.77. The summed E-state index contributed by atoms with van der Waals surface area (Å²) in [4.78, 5) is 37.5. The third kappa shape index (κ3) is 4.60. The fourth-order valence-electron chi connectivity index (χ4n) is 2.66. The van der Waals surface area contributed by atoms with Crippen LogP contribution < -0.4 is 5.32 Å². The van der Waals surface area contributed by atoms with Crippen LogP contribution in [0, 0.1) is 5.82 Å². The van der Waals surface area contributed by atoms with Crippen molar-refractivity contribution in [1.82, 2.24) is 0 Å². The van der Waals surface area contributed by atoms with Crippen molar-refractivity contribution in [3.63, 3.8) is 0 Å². The monoisotopic (exact) mass is 415 g/mol. The number of rotatable bonds is 5. The number of halogens is 4. The van der Waals surface area contributed by atoms with Gasteiger partial charge in [-0.1, -0.05) is 30.3 Å². The summed E-state index contributed by atoms with van der Waals surface area (Å²) >= 11 is 0. The number of nitrogens with one attached hydrogen (secondary N) is 1. The summed E-state index contributed by atoms with van der Waals surface area (Å²) in [7, 11) is 0. The molecule has 0 aliphatic carbocycles. The van der Waals surface area contributed by atoms with Gasteiger partial charge < -0.3 is 5.32 Å². The zero-order valence-corrected chi connectivity index (χ0v) is 15.2. The summed E-state index contributed by atoms with van der Waals surface area (Å²) in [5.74, 6) is -3.59. The minimum atomic E-state index is -4.76. The van der Waals surface area contributed by atoms with Crippen LogP contribution in [0.25, 0.3) is 0 Å². The van der Waals surface area contributed by atoms with E-state index in [1.54, 1.807) is 6.07 Å². The number of hydrogen-bond donors (Lipinski definition) is 1. The summed E-state index contributed by atoms with van der Waals surface area (Å²) in [6, 6.07) is 13.8. The van der Waals surface area contributed by atoms with Crippen molar-refractivity contribution in [2.75, 3.05) is 5.32 Å². The van der Waals surface area contributed by atoms with Gasteiger partial charge in [0.2, 0.25) is 11.6 Å². The van der Waals surface area contributed by atoms with Gasteiger partial charge in [-0.15, -0.1) is 0 Å². The first-order valence-corrected chi connectivity index (χ1v) is 8.59. The molecule has 0 unspecified atom stereocenters. The molecule has 0 radical (unpaired) electrons. The average Bonchev–Trinajstić information content (AvgIpc) is 2.73. The second-order valence-corrected chi connectivity index (χ2v) is 6.24. The molecule has 1 amide bonds. The van der Waals surface area contributed by atoms with Gasteiger partial charge in [-0.3, -0.25) is 14.4 Å². The highest BCUT2D eigenvalue weighted by molar-refractivity contribution is 6.50. The van der Waals surface area contributed by atoms with Gasteiger partial charge in [0.05, 0.1) is 16.8 Å². The molecule has 0 saturated heterocycles. The lowest BCUT2D eigenvalue weighted by atomic mass is 9.98. The quantitative estimate of drug-likeness (QED) is 0.356. The zero-order chi connectivity index (χ0) is 21.9. The van der Waals surface area contributed by atoms with Crippen LogP contribution in [0.15, 0.2) is 72.8 Å². The average molecular weight is 415 g/mol. The van der Waals surface area contributed by atoms with Gasteiger partial charge in [0.25, 0.3) is 5.91 Å². The van der Waals surface area contributed by atoms with Crippen LogP contribution in [0.2, 0.25) is 0 Å². The van der Waals surface area contributed by atoms with Gasteiger partial charge in [-0.05, 0) is 42.5 Å². The van der Waals surface area contributed by atoms with E-state index in [0.29, 0.717) is 12.1 Å². The number of amides is 1. The molecule has 4 nitrogen and oxygen atoms in total. The third-order valence-corrected chi connectivity index (χ3v) is 4.19. The highest BCUT2D eigenvalue weighted by atomic mass is 19.4. The molecular formula is C22H13F4NO3. The van der Waals surface area contributed by atoms with Crippen LogP contribution in [0.5, 0.6) is 0 Å². The Labute approximate surface area is 168 Å². The smallest absolute Gasteiger partial charge is 0.321 e. The first kappa shape index (κ1) is 20.9. The van der Waals surface area contributed by atoms with Gasteiger partial charge in [0.1, 0.15) is 5.82 Å². The topological polar surface area (TPSA) is 63.2 Å². The molecule has 0 atom stereocenters. The van der Waals surface area contributed by atoms with E-state index in [0.717, 1.165) is 18.2 Å². The van der Waals surface area contributed by atoms with E-state index in [2.05, 4.69) is 5.32 Å². The minimum absolute atomic E-state index is 0.00396. The maximum Gasteiger partial charge on any atom is 0.416 e. The van der Waals surface area contributed by atoms with E-state index < -0.39 is 40.6 Å². The summed E-state index contributed by atoms with van der Waals surface area (Å²) in [6.07, 6.45) is -4.76. The van der Waals surface area contributed by atoms with Gasteiger partial charge in [-0.25, -0.2) is 4.39 Å². The minimum Gasteiger partial charge on any atom is -0.321 e. The van der Waals surface area contributed by atoms with Gasteiger partial charge in [0, 0.05) is 11.1 Å². The molecular weight excluding hydrogens is 402 g/mol. The van der Waals surface area contributed by atoms with Gasteiger partial charge in [-0.2, -0.15) is 13.2 Å².